The summed E-state index contributed by atoms with van der Waals surface area (Å²) in [6, 6.07) is 7.18. The number of halogens is 1. The minimum absolute atomic E-state index is 0.224. The van der Waals surface area contributed by atoms with Crippen molar-refractivity contribution in [2.24, 2.45) is 0 Å². The first-order valence-electron chi connectivity index (χ1n) is 4.73. The van der Waals surface area contributed by atoms with Crippen molar-refractivity contribution >= 4 is 23.0 Å². The highest BCUT2D eigenvalue weighted by Crippen LogP contribution is 2.21. The molecule has 0 fully saturated rings. The third kappa shape index (κ3) is 1.66. The number of pyridine rings is 1. The number of rotatable bonds is 2. The lowest BCUT2D eigenvalue weighted by Gasteiger charge is -2.12. The Morgan fingerprint density at radius 2 is 2.25 bits per heavy atom. The minimum Gasteiger partial charge on any atom is -0.307 e. The standard InChI is InChI=1S/C11H11ClN2O2/c1-13(16-2)11(15)8-7-10(12)14-6-4-3-5-9(8)14/h3-7H,1-2H3. The van der Waals surface area contributed by atoms with Gasteiger partial charge in [-0.25, -0.2) is 5.06 Å². The van der Waals surface area contributed by atoms with Gasteiger partial charge in [-0.3, -0.25) is 9.63 Å². The van der Waals surface area contributed by atoms with Crippen molar-refractivity contribution < 1.29 is 9.63 Å². The molecule has 0 spiro atoms. The average molecular weight is 239 g/mol. The number of amides is 1. The fourth-order valence-electron chi connectivity index (χ4n) is 1.54. The molecule has 2 aromatic rings. The minimum atomic E-state index is -0.224. The molecule has 2 heterocycles. The number of carbonyl (C=O) groups is 1. The molecule has 5 heteroatoms. The van der Waals surface area contributed by atoms with E-state index in [-0.39, 0.29) is 5.91 Å². The number of hydroxylamine groups is 2. The Labute approximate surface area is 97.9 Å². The predicted octanol–water partition coefficient (Wildman–Crippen LogP) is 2.23. The Hall–Kier alpha value is -1.52. The summed E-state index contributed by atoms with van der Waals surface area (Å²) in [5, 5.41) is 1.67. The topological polar surface area (TPSA) is 34.0 Å². The molecular weight excluding hydrogens is 228 g/mol. The number of hydrogen-bond acceptors (Lipinski definition) is 2. The van der Waals surface area contributed by atoms with Crippen LogP contribution in [-0.2, 0) is 4.84 Å². The van der Waals surface area contributed by atoms with Crippen molar-refractivity contribution in [2.45, 2.75) is 0 Å². The van der Waals surface area contributed by atoms with Crippen LogP contribution in [0.5, 0.6) is 0 Å². The lowest BCUT2D eigenvalue weighted by Crippen LogP contribution is -2.25. The summed E-state index contributed by atoms with van der Waals surface area (Å²) in [6.07, 6.45) is 1.81. The fraction of sp³-hybridized carbons (Fsp3) is 0.182. The molecule has 0 saturated carbocycles. The van der Waals surface area contributed by atoms with E-state index in [1.54, 1.807) is 23.7 Å². The smallest absolute Gasteiger partial charge is 0.279 e. The first-order chi connectivity index (χ1) is 7.65. The van der Waals surface area contributed by atoms with E-state index in [2.05, 4.69) is 0 Å². The zero-order chi connectivity index (χ0) is 11.7. The van der Waals surface area contributed by atoms with E-state index in [0.717, 1.165) is 5.52 Å². The molecule has 0 aromatic carbocycles. The van der Waals surface area contributed by atoms with Gasteiger partial charge in [0.2, 0.25) is 0 Å². The van der Waals surface area contributed by atoms with Crippen molar-refractivity contribution in [1.82, 2.24) is 9.46 Å². The van der Waals surface area contributed by atoms with Crippen molar-refractivity contribution in [3.8, 4) is 0 Å². The summed E-state index contributed by atoms with van der Waals surface area (Å²) in [5.41, 5.74) is 1.29. The molecule has 0 aliphatic rings. The van der Waals surface area contributed by atoms with Gasteiger partial charge in [0.1, 0.15) is 5.15 Å². The van der Waals surface area contributed by atoms with Gasteiger partial charge < -0.3 is 4.40 Å². The van der Waals surface area contributed by atoms with E-state index in [4.69, 9.17) is 16.4 Å². The van der Waals surface area contributed by atoms with Gasteiger partial charge in [0.05, 0.1) is 18.2 Å². The Kier molecular flexibility index (Phi) is 2.85. The average Bonchev–Trinajstić information content (AvgIpc) is 2.65. The molecule has 16 heavy (non-hydrogen) atoms. The summed E-state index contributed by atoms with van der Waals surface area (Å²) in [4.78, 5) is 16.8. The van der Waals surface area contributed by atoms with Crippen molar-refractivity contribution in [2.75, 3.05) is 14.2 Å². The molecule has 4 nitrogen and oxygen atoms in total. The second-order valence-corrected chi connectivity index (χ2v) is 3.71. The predicted molar refractivity (Wildman–Crippen MR) is 61.5 cm³/mol. The molecule has 0 aliphatic carbocycles. The van der Waals surface area contributed by atoms with E-state index in [1.807, 2.05) is 18.2 Å². The van der Waals surface area contributed by atoms with Gasteiger partial charge in [0.15, 0.2) is 0 Å². The van der Waals surface area contributed by atoms with Crippen LogP contribution in [-0.4, -0.2) is 29.5 Å². The van der Waals surface area contributed by atoms with E-state index < -0.39 is 0 Å². The molecule has 0 atom stereocenters. The second-order valence-electron chi connectivity index (χ2n) is 3.32. The molecule has 0 saturated heterocycles. The maximum Gasteiger partial charge on any atom is 0.279 e. The van der Waals surface area contributed by atoms with E-state index in [0.29, 0.717) is 10.7 Å². The summed E-state index contributed by atoms with van der Waals surface area (Å²) in [7, 11) is 3.00. The summed E-state index contributed by atoms with van der Waals surface area (Å²) >= 11 is 6.02. The number of fused-ring (bicyclic) bond motifs is 1. The number of aromatic nitrogens is 1. The van der Waals surface area contributed by atoms with Crippen LogP contribution in [0, 0.1) is 0 Å². The quantitative estimate of drug-likeness (QED) is 0.752. The van der Waals surface area contributed by atoms with Gasteiger partial charge in [0.25, 0.3) is 5.91 Å². The molecule has 2 aromatic heterocycles. The zero-order valence-corrected chi connectivity index (χ0v) is 9.73. The van der Waals surface area contributed by atoms with Gasteiger partial charge in [-0.1, -0.05) is 17.7 Å². The fourth-order valence-corrected chi connectivity index (χ4v) is 1.79. The summed E-state index contributed by atoms with van der Waals surface area (Å²) < 4.78 is 1.75. The van der Waals surface area contributed by atoms with Gasteiger partial charge in [-0.15, -0.1) is 0 Å². The van der Waals surface area contributed by atoms with Crippen LogP contribution >= 0.6 is 11.6 Å². The Morgan fingerprint density at radius 1 is 1.50 bits per heavy atom. The van der Waals surface area contributed by atoms with Gasteiger partial charge in [-0.2, -0.15) is 0 Å². The third-order valence-corrected chi connectivity index (χ3v) is 2.71. The molecule has 0 aliphatic heterocycles. The van der Waals surface area contributed by atoms with Crippen molar-refractivity contribution in [3.63, 3.8) is 0 Å². The van der Waals surface area contributed by atoms with Crippen LogP contribution in [0.2, 0.25) is 5.15 Å². The molecular formula is C11H11ClN2O2. The molecule has 0 bridgehead atoms. The summed E-state index contributed by atoms with van der Waals surface area (Å²) in [6.45, 7) is 0. The Morgan fingerprint density at radius 3 is 2.94 bits per heavy atom. The normalized spacial score (nSPS) is 10.7. The number of nitrogens with zero attached hydrogens (tertiary/aromatic N) is 2. The van der Waals surface area contributed by atoms with Crippen molar-refractivity contribution in [3.05, 3.63) is 41.2 Å². The third-order valence-electron chi connectivity index (χ3n) is 2.42. The van der Waals surface area contributed by atoms with Crippen LogP contribution in [0.4, 0.5) is 0 Å². The van der Waals surface area contributed by atoms with E-state index in [1.165, 1.54) is 12.2 Å². The lowest BCUT2D eigenvalue weighted by molar-refractivity contribution is -0.0755. The van der Waals surface area contributed by atoms with Crippen LogP contribution in [0.3, 0.4) is 0 Å². The number of hydrogen-bond donors (Lipinski definition) is 0. The molecule has 0 radical (unpaired) electrons. The SMILES string of the molecule is CON(C)C(=O)c1cc(Cl)n2ccccc12. The number of carbonyl (C=O) groups excluding carboxylic acids is 1. The zero-order valence-electron chi connectivity index (χ0n) is 8.98. The maximum atomic E-state index is 11.9. The van der Waals surface area contributed by atoms with E-state index in [9.17, 15) is 4.79 Å². The molecule has 1 amide bonds. The molecule has 0 N–H and O–H groups in total. The van der Waals surface area contributed by atoms with Crippen molar-refractivity contribution in [1.29, 1.82) is 0 Å². The van der Waals surface area contributed by atoms with Crippen LogP contribution in [0.15, 0.2) is 30.5 Å². The van der Waals surface area contributed by atoms with Crippen LogP contribution in [0.25, 0.3) is 5.52 Å². The molecule has 0 unspecified atom stereocenters. The highest BCUT2D eigenvalue weighted by Gasteiger charge is 2.17. The van der Waals surface area contributed by atoms with Gasteiger partial charge in [0, 0.05) is 13.2 Å². The first kappa shape index (κ1) is 11.0. The monoisotopic (exact) mass is 238 g/mol. The largest absolute Gasteiger partial charge is 0.307 e. The molecule has 2 rings (SSSR count). The van der Waals surface area contributed by atoms with Crippen LogP contribution < -0.4 is 0 Å². The maximum absolute atomic E-state index is 11.9. The van der Waals surface area contributed by atoms with E-state index >= 15 is 0 Å². The van der Waals surface area contributed by atoms with Gasteiger partial charge >= 0.3 is 0 Å². The lowest BCUT2D eigenvalue weighted by atomic mass is 10.2. The molecule has 84 valence electrons. The second kappa shape index (κ2) is 4.15. The summed E-state index contributed by atoms with van der Waals surface area (Å²) in [5.74, 6) is -0.224. The highest BCUT2D eigenvalue weighted by atomic mass is 35.5. The Balaban J connectivity index is 2.57. The van der Waals surface area contributed by atoms with Crippen LogP contribution in [0.1, 0.15) is 10.4 Å². The van der Waals surface area contributed by atoms with Gasteiger partial charge in [-0.05, 0) is 18.2 Å². The highest BCUT2D eigenvalue weighted by molar-refractivity contribution is 6.30. The Bertz CT molecular complexity index is 536. The first-order valence-corrected chi connectivity index (χ1v) is 5.10.